The number of hydrogen-bond acceptors (Lipinski definition) is 6. The topological polar surface area (TPSA) is 76.6 Å². The molecule has 1 N–H and O–H groups in total. The fourth-order valence-corrected chi connectivity index (χ4v) is 3.04. The summed E-state index contributed by atoms with van der Waals surface area (Å²) in [5.74, 6) is 0.971. The average molecular weight is 330 g/mol. The molecule has 0 aliphatic carbocycles. The molecular weight excluding hydrogens is 308 g/mol. The highest BCUT2D eigenvalue weighted by molar-refractivity contribution is 6.00. The van der Waals surface area contributed by atoms with E-state index in [1.165, 1.54) is 6.42 Å². The van der Waals surface area contributed by atoms with Crippen LogP contribution in [0, 0.1) is 0 Å². The zero-order valence-electron chi connectivity index (χ0n) is 14.0. The van der Waals surface area contributed by atoms with Crippen molar-refractivity contribution < 1.29 is 14.3 Å². The number of hydrogen-bond donors (Lipinski definition) is 1. The van der Waals surface area contributed by atoms with Gasteiger partial charge in [-0.3, -0.25) is 9.69 Å². The van der Waals surface area contributed by atoms with Crippen LogP contribution in [0.2, 0.25) is 0 Å². The van der Waals surface area contributed by atoms with Crippen LogP contribution in [0.25, 0.3) is 11.0 Å². The van der Waals surface area contributed by atoms with Crippen LogP contribution in [0.15, 0.2) is 18.5 Å². The Kier molecular flexibility index (Phi) is 5.10. The number of methoxy groups -OCH3 is 2. The van der Waals surface area contributed by atoms with Gasteiger partial charge in [0.05, 0.1) is 26.5 Å². The van der Waals surface area contributed by atoms with Crippen LogP contribution in [0.1, 0.15) is 19.3 Å². The molecule has 0 spiro atoms. The molecule has 1 aromatic heterocycles. The number of benzene rings is 1. The largest absolute Gasteiger partial charge is 0.494 e. The van der Waals surface area contributed by atoms with E-state index < -0.39 is 0 Å². The number of carbonyl (C=O) groups excluding carboxylic acids is 1. The van der Waals surface area contributed by atoms with Crippen LogP contribution < -0.4 is 14.8 Å². The van der Waals surface area contributed by atoms with Crippen molar-refractivity contribution >= 4 is 22.6 Å². The summed E-state index contributed by atoms with van der Waals surface area (Å²) in [6, 6.07) is 1.73. The van der Waals surface area contributed by atoms with Gasteiger partial charge in [-0.25, -0.2) is 9.97 Å². The van der Waals surface area contributed by atoms with Crippen molar-refractivity contribution in [1.29, 1.82) is 0 Å². The first-order chi connectivity index (χ1) is 11.7. The van der Waals surface area contributed by atoms with E-state index in [2.05, 4.69) is 20.2 Å². The molecular formula is C17H22N4O3. The summed E-state index contributed by atoms with van der Waals surface area (Å²) >= 11 is 0. The fourth-order valence-electron chi connectivity index (χ4n) is 3.04. The van der Waals surface area contributed by atoms with Gasteiger partial charge in [0.1, 0.15) is 16.8 Å². The smallest absolute Gasteiger partial charge is 0.238 e. The van der Waals surface area contributed by atoms with E-state index in [0.717, 1.165) is 25.9 Å². The lowest BCUT2D eigenvalue weighted by atomic mass is 10.1. The van der Waals surface area contributed by atoms with Gasteiger partial charge >= 0.3 is 0 Å². The summed E-state index contributed by atoms with van der Waals surface area (Å²) in [6.07, 6.45) is 6.72. The second-order valence-electron chi connectivity index (χ2n) is 5.80. The predicted octanol–water partition coefficient (Wildman–Crippen LogP) is 2.07. The van der Waals surface area contributed by atoms with Gasteiger partial charge in [-0.15, -0.1) is 0 Å². The second-order valence-corrected chi connectivity index (χ2v) is 5.80. The van der Waals surface area contributed by atoms with Crippen molar-refractivity contribution in [3.8, 4) is 11.5 Å². The Morgan fingerprint density at radius 3 is 2.50 bits per heavy atom. The molecule has 24 heavy (non-hydrogen) atoms. The summed E-state index contributed by atoms with van der Waals surface area (Å²) < 4.78 is 10.8. The van der Waals surface area contributed by atoms with Gasteiger partial charge in [0, 0.05) is 18.5 Å². The fraction of sp³-hybridized carbons (Fsp3) is 0.471. The van der Waals surface area contributed by atoms with E-state index in [1.54, 1.807) is 32.7 Å². The lowest BCUT2D eigenvalue weighted by molar-refractivity contribution is -0.117. The Hall–Kier alpha value is -2.41. The molecule has 0 bridgehead atoms. The van der Waals surface area contributed by atoms with Crippen LogP contribution in [0.3, 0.4) is 0 Å². The third-order valence-corrected chi connectivity index (χ3v) is 4.18. The molecule has 0 atom stereocenters. The summed E-state index contributed by atoms with van der Waals surface area (Å²) in [5, 5.41) is 2.92. The SMILES string of the molecule is COc1cc(NC(=O)CN2CCCCC2)c(OC)c2nccnc12. The molecule has 1 aliphatic heterocycles. The van der Waals surface area contributed by atoms with Gasteiger partial charge in [0.15, 0.2) is 5.75 Å². The molecule has 1 amide bonds. The molecule has 1 saturated heterocycles. The van der Waals surface area contributed by atoms with Gasteiger partial charge in [0.25, 0.3) is 0 Å². The standard InChI is InChI=1S/C17H22N4O3/c1-23-13-10-12(17(24-2)16-15(13)18-6-7-19-16)20-14(22)11-21-8-4-3-5-9-21/h6-7,10H,3-5,8-9,11H2,1-2H3,(H,20,22). The lowest BCUT2D eigenvalue weighted by Gasteiger charge is -2.25. The molecule has 0 unspecified atom stereocenters. The Balaban J connectivity index is 1.86. The highest BCUT2D eigenvalue weighted by Gasteiger charge is 2.19. The number of nitrogens with zero attached hydrogens (tertiary/aromatic N) is 3. The number of fused-ring (bicyclic) bond motifs is 1. The number of nitrogens with one attached hydrogen (secondary N) is 1. The first-order valence-electron chi connectivity index (χ1n) is 8.11. The van der Waals surface area contributed by atoms with E-state index in [4.69, 9.17) is 9.47 Å². The third-order valence-electron chi connectivity index (χ3n) is 4.18. The quantitative estimate of drug-likeness (QED) is 0.904. The predicted molar refractivity (Wildman–Crippen MR) is 91.6 cm³/mol. The normalized spacial score (nSPS) is 15.2. The van der Waals surface area contributed by atoms with Crippen molar-refractivity contribution in [1.82, 2.24) is 14.9 Å². The number of piperidine rings is 1. The molecule has 0 saturated carbocycles. The lowest BCUT2D eigenvalue weighted by Crippen LogP contribution is -2.36. The van der Waals surface area contributed by atoms with Crippen molar-refractivity contribution in [2.24, 2.45) is 0 Å². The van der Waals surface area contributed by atoms with Crippen molar-refractivity contribution in [2.75, 3.05) is 39.2 Å². The number of rotatable bonds is 5. The van der Waals surface area contributed by atoms with E-state index in [9.17, 15) is 4.79 Å². The molecule has 1 aliphatic rings. The first kappa shape index (κ1) is 16.4. The Bertz CT molecular complexity index is 729. The van der Waals surface area contributed by atoms with E-state index in [1.807, 2.05) is 0 Å². The number of carbonyl (C=O) groups is 1. The summed E-state index contributed by atoms with van der Waals surface area (Å²) in [6.45, 7) is 2.32. The maximum atomic E-state index is 12.4. The summed E-state index contributed by atoms with van der Waals surface area (Å²) in [5.41, 5.74) is 1.71. The van der Waals surface area contributed by atoms with Gasteiger partial charge < -0.3 is 14.8 Å². The minimum absolute atomic E-state index is 0.0690. The van der Waals surface area contributed by atoms with Gasteiger partial charge in [-0.05, 0) is 25.9 Å². The van der Waals surface area contributed by atoms with E-state index in [0.29, 0.717) is 34.8 Å². The van der Waals surface area contributed by atoms with Gasteiger partial charge in [0.2, 0.25) is 5.91 Å². The number of anilines is 1. The van der Waals surface area contributed by atoms with Crippen LogP contribution >= 0.6 is 0 Å². The Labute approximate surface area is 141 Å². The highest BCUT2D eigenvalue weighted by atomic mass is 16.5. The molecule has 2 aromatic rings. The Morgan fingerprint density at radius 1 is 1.12 bits per heavy atom. The monoisotopic (exact) mass is 330 g/mol. The van der Waals surface area contributed by atoms with Crippen molar-refractivity contribution in [3.05, 3.63) is 18.5 Å². The van der Waals surface area contributed by atoms with Crippen LogP contribution in [-0.2, 0) is 4.79 Å². The maximum absolute atomic E-state index is 12.4. The van der Waals surface area contributed by atoms with Crippen LogP contribution in [-0.4, -0.2) is 54.6 Å². The number of aromatic nitrogens is 2. The number of ether oxygens (including phenoxy) is 2. The minimum Gasteiger partial charge on any atom is -0.494 e. The molecule has 0 radical (unpaired) electrons. The van der Waals surface area contributed by atoms with Crippen molar-refractivity contribution in [2.45, 2.75) is 19.3 Å². The zero-order valence-corrected chi connectivity index (χ0v) is 14.0. The molecule has 1 fully saturated rings. The Morgan fingerprint density at radius 2 is 1.83 bits per heavy atom. The average Bonchev–Trinajstić information content (AvgIpc) is 2.61. The number of amides is 1. The maximum Gasteiger partial charge on any atom is 0.238 e. The van der Waals surface area contributed by atoms with Gasteiger partial charge in [-0.1, -0.05) is 6.42 Å². The summed E-state index contributed by atoms with van der Waals surface area (Å²) in [7, 11) is 3.12. The highest BCUT2D eigenvalue weighted by Crippen LogP contribution is 2.37. The molecule has 7 heteroatoms. The third kappa shape index (κ3) is 3.41. The summed E-state index contributed by atoms with van der Waals surface area (Å²) in [4.78, 5) is 23.2. The van der Waals surface area contributed by atoms with Crippen LogP contribution in [0.5, 0.6) is 11.5 Å². The molecule has 1 aromatic carbocycles. The molecule has 2 heterocycles. The van der Waals surface area contributed by atoms with Gasteiger partial charge in [-0.2, -0.15) is 0 Å². The minimum atomic E-state index is -0.0690. The number of likely N-dealkylation sites (tertiary alicyclic amines) is 1. The molecule has 3 rings (SSSR count). The second kappa shape index (κ2) is 7.44. The van der Waals surface area contributed by atoms with Crippen molar-refractivity contribution in [3.63, 3.8) is 0 Å². The molecule has 7 nitrogen and oxygen atoms in total. The van der Waals surface area contributed by atoms with E-state index in [-0.39, 0.29) is 5.91 Å². The zero-order chi connectivity index (χ0) is 16.9. The van der Waals surface area contributed by atoms with E-state index >= 15 is 0 Å². The molecule has 128 valence electrons. The van der Waals surface area contributed by atoms with Crippen LogP contribution in [0.4, 0.5) is 5.69 Å². The first-order valence-corrected chi connectivity index (χ1v) is 8.11.